The minimum absolute atomic E-state index is 0.765. The number of hydrogen-bond acceptors (Lipinski definition) is 5. The van der Waals surface area contributed by atoms with E-state index in [9.17, 15) is 0 Å². The summed E-state index contributed by atoms with van der Waals surface area (Å²) in [7, 11) is 2.18. The van der Waals surface area contributed by atoms with E-state index in [4.69, 9.17) is 4.98 Å². The summed E-state index contributed by atoms with van der Waals surface area (Å²) in [4.78, 5) is 16.6. The van der Waals surface area contributed by atoms with Crippen molar-refractivity contribution in [1.82, 2.24) is 14.9 Å². The Morgan fingerprint density at radius 1 is 1.05 bits per heavy atom. The average Bonchev–Trinajstić information content (AvgIpc) is 2.47. The molecule has 0 spiro atoms. The normalized spacial score (nSPS) is 24.4. The van der Waals surface area contributed by atoms with Gasteiger partial charge in [-0.2, -0.15) is 4.98 Å². The van der Waals surface area contributed by atoms with E-state index in [1.165, 1.54) is 12.8 Å². The molecule has 0 aromatic carbocycles. The van der Waals surface area contributed by atoms with Crippen LogP contribution in [-0.2, 0) is 0 Å². The molecule has 1 aromatic rings. The molecule has 0 amide bonds. The Morgan fingerprint density at radius 3 is 2.52 bits per heavy atom. The van der Waals surface area contributed by atoms with Crippen LogP contribution in [0.4, 0.5) is 11.8 Å². The first-order chi connectivity index (χ1) is 10.1. The van der Waals surface area contributed by atoms with Crippen molar-refractivity contribution in [3.63, 3.8) is 0 Å². The molecule has 0 aliphatic carbocycles. The Hall–Kier alpha value is -1.36. The lowest BCUT2D eigenvalue weighted by Crippen LogP contribution is -2.45. The topological polar surface area (TPSA) is 35.5 Å². The summed E-state index contributed by atoms with van der Waals surface area (Å²) >= 11 is 0. The van der Waals surface area contributed by atoms with Crippen LogP contribution in [0.25, 0.3) is 0 Å². The van der Waals surface area contributed by atoms with E-state index in [0.717, 1.165) is 62.6 Å². The SMILES string of the molecule is Cc1cc(N2CCCC(C)C2)nc(N2CCN(C)CC2)n1. The summed E-state index contributed by atoms with van der Waals surface area (Å²) < 4.78 is 0. The first-order valence-corrected chi connectivity index (χ1v) is 8.16. The van der Waals surface area contributed by atoms with Gasteiger partial charge in [-0.15, -0.1) is 0 Å². The Kier molecular flexibility index (Phi) is 4.29. The van der Waals surface area contributed by atoms with Crippen LogP contribution >= 0.6 is 0 Å². The Bertz CT molecular complexity index is 482. The van der Waals surface area contributed by atoms with E-state index in [-0.39, 0.29) is 0 Å². The van der Waals surface area contributed by atoms with E-state index in [0.29, 0.717) is 0 Å². The number of nitrogens with zero attached hydrogens (tertiary/aromatic N) is 5. The minimum atomic E-state index is 0.765. The number of anilines is 2. The van der Waals surface area contributed by atoms with E-state index < -0.39 is 0 Å². The van der Waals surface area contributed by atoms with Gasteiger partial charge in [-0.1, -0.05) is 6.92 Å². The maximum Gasteiger partial charge on any atom is 0.227 e. The first-order valence-electron chi connectivity index (χ1n) is 8.16. The van der Waals surface area contributed by atoms with Gasteiger partial charge in [-0.25, -0.2) is 4.98 Å². The predicted molar refractivity (Wildman–Crippen MR) is 87.1 cm³/mol. The van der Waals surface area contributed by atoms with Crippen molar-refractivity contribution in [3.8, 4) is 0 Å². The maximum atomic E-state index is 4.86. The Balaban J connectivity index is 1.79. The van der Waals surface area contributed by atoms with Crippen molar-refractivity contribution in [3.05, 3.63) is 11.8 Å². The average molecular weight is 289 g/mol. The van der Waals surface area contributed by atoms with Crippen molar-refractivity contribution in [2.75, 3.05) is 56.1 Å². The molecule has 2 fully saturated rings. The van der Waals surface area contributed by atoms with Crippen LogP contribution in [0.3, 0.4) is 0 Å². The summed E-state index contributed by atoms with van der Waals surface area (Å²) in [6.07, 6.45) is 2.61. The van der Waals surface area contributed by atoms with E-state index in [1.54, 1.807) is 0 Å². The number of piperidine rings is 1. The second kappa shape index (κ2) is 6.18. The van der Waals surface area contributed by atoms with Crippen LogP contribution in [0.1, 0.15) is 25.5 Å². The summed E-state index contributed by atoms with van der Waals surface area (Å²) in [5, 5.41) is 0. The van der Waals surface area contributed by atoms with Gasteiger partial charge in [0.2, 0.25) is 5.95 Å². The third-order valence-corrected chi connectivity index (χ3v) is 4.60. The van der Waals surface area contributed by atoms with Crippen molar-refractivity contribution >= 4 is 11.8 Å². The van der Waals surface area contributed by atoms with Crippen molar-refractivity contribution in [1.29, 1.82) is 0 Å². The van der Waals surface area contributed by atoms with Gasteiger partial charge in [0.05, 0.1) is 0 Å². The number of piperazine rings is 1. The number of likely N-dealkylation sites (N-methyl/N-ethyl adjacent to an activating group) is 1. The molecule has 0 radical (unpaired) electrons. The van der Waals surface area contributed by atoms with Crippen LogP contribution in [0, 0.1) is 12.8 Å². The van der Waals surface area contributed by atoms with Gasteiger partial charge in [0.1, 0.15) is 5.82 Å². The quantitative estimate of drug-likeness (QED) is 0.829. The lowest BCUT2D eigenvalue weighted by atomic mass is 10.0. The molecule has 1 unspecified atom stereocenters. The molecule has 5 heteroatoms. The summed E-state index contributed by atoms with van der Waals surface area (Å²) in [5.41, 5.74) is 1.08. The summed E-state index contributed by atoms with van der Waals surface area (Å²) in [5.74, 6) is 2.79. The molecule has 0 saturated carbocycles. The van der Waals surface area contributed by atoms with E-state index in [2.05, 4.69) is 46.6 Å². The molecule has 1 aromatic heterocycles. The van der Waals surface area contributed by atoms with Crippen LogP contribution in [0.15, 0.2) is 6.07 Å². The van der Waals surface area contributed by atoms with Crippen LogP contribution in [0.2, 0.25) is 0 Å². The standard InChI is InChI=1S/C16H27N5/c1-13-5-4-6-21(12-13)15-11-14(2)17-16(18-15)20-9-7-19(3)8-10-20/h11,13H,4-10,12H2,1-3H3. The third-order valence-electron chi connectivity index (χ3n) is 4.60. The molecule has 2 saturated heterocycles. The molecule has 2 aliphatic rings. The lowest BCUT2D eigenvalue weighted by molar-refractivity contribution is 0.311. The molecular weight excluding hydrogens is 262 g/mol. The Morgan fingerprint density at radius 2 is 1.81 bits per heavy atom. The predicted octanol–water partition coefficient (Wildman–Crippen LogP) is 1.77. The fraction of sp³-hybridized carbons (Fsp3) is 0.750. The molecule has 0 bridgehead atoms. The molecule has 116 valence electrons. The zero-order valence-corrected chi connectivity index (χ0v) is 13.5. The summed E-state index contributed by atoms with van der Waals surface area (Å²) in [6, 6.07) is 2.14. The monoisotopic (exact) mass is 289 g/mol. The molecule has 0 N–H and O–H groups in total. The largest absolute Gasteiger partial charge is 0.356 e. The number of rotatable bonds is 2. The number of aryl methyl sites for hydroxylation is 1. The molecule has 2 aliphatic heterocycles. The highest BCUT2D eigenvalue weighted by Crippen LogP contribution is 2.24. The second-order valence-corrected chi connectivity index (χ2v) is 6.65. The maximum absolute atomic E-state index is 4.86. The lowest BCUT2D eigenvalue weighted by Gasteiger charge is -2.35. The number of hydrogen-bond donors (Lipinski definition) is 0. The molecule has 5 nitrogen and oxygen atoms in total. The van der Waals surface area contributed by atoms with Gasteiger partial charge >= 0.3 is 0 Å². The molecule has 1 atom stereocenters. The van der Waals surface area contributed by atoms with Gasteiger partial charge < -0.3 is 14.7 Å². The first kappa shape index (κ1) is 14.6. The van der Waals surface area contributed by atoms with Crippen LogP contribution < -0.4 is 9.80 Å². The van der Waals surface area contributed by atoms with Gasteiger partial charge in [0.25, 0.3) is 0 Å². The number of aromatic nitrogens is 2. The molecule has 3 heterocycles. The van der Waals surface area contributed by atoms with E-state index >= 15 is 0 Å². The molecular formula is C16H27N5. The van der Waals surface area contributed by atoms with Crippen LogP contribution in [0.5, 0.6) is 0 Å². The Labute approximate surface area is 128 Å². The zero-order valence-electron chi connectivity index (χ0n) is 13.5. The third kappa shape index (κ3) is 3.46. The van der Waals surface area contributed by atoms with Gasteiger partial charge in [-0.05, 0) is 32.7 Å². The van der Waals surface area contributed by atoms with Gasteiger partial charge in [-0.3, -0.25) is 0 Å². The fourth-order valence-corrected chi connectivity index (χ4v) is 3.24. The van der Waals surface area contributed by atoms with Gasteiger partial charge in [0.15, 0.2) is 0 Å². The van der Waals surface area contributed by atoms with Crippen molar-refractivity contribution < 1.29 is 0 Å². The molecule has 3 rings (SSSR count). The second-order valence-electron chi connectivity index (χ2n) is 6.65. The van der Waals surface area contributed by atoms with Crippen LogP contribution in [-0.4, -0.2) is 61.2 Å². The highest BCUT2D eigenvalue weighted by Gasteiger charge is 2.21. The smallest absolute Gasteiger partial charge is 0.227 e. The highest BCUT2D eigenvalue weighted by atomic mass is 15.3. The minimum Gasteiger partial charge on any atom is -0.356 e. The zero-order chi connectivity index (χ0) is 14.8. The fourth-order valence-electron chi connectivity index (χ4n) is 3.24. The van der Waals surface area contributed by atoms with Gasteiger partial charge in [0, 0.05) is 51.0 Å². The summed E-state index contributed by atoms with van der Waals surface area (Å²) in [6.45, 7) is 10.9. The van der Waals surface area contributed by atoms with E-state index in [1.807, 2.05) is 0 Å². The van der Waals surface area contributed by atoms with Crippen molar-refractivity contribution in [2.24, 2.45) is 5.92 Å². The highest BCUT2D eigenvalue weighted by molar-refractivity contribution is 5.46. The molecule has 21 heavy (non-hydrogen) atoms. The van der Waals surface area contributed by atoms with Crippen molar-refractivity contribution in [2.45, 2.75) is 26.7 Å².